The van der Waals surface area contributed by atoms with Gasteiger partial charge in [0.25, 0.3) is 5.91 Å². The molecule has 1 aliphatic heterocycles. The maximum atomic E-state index is 13.8. The van der Waals surface area contributed by atoms with Crippen molar-refractivity contribution in [3.63, 3.8) is 0 Å². The van der Waals surface area contributed by atoms with Gasteiger partial charge < -0.3 is 15.1 Å². The van der Waals surface area contributed by atoms with Crippen LogP contribution >= 0.6 is 21.2 Å². The topological polar surface area (TPSA) is 69.7 Å². The van der Waals surface area contributed by atoms with Crippen LogP contribution in [0.5, 0.6) is 0 Å². The molecule has 7 heteroatoms. The molecule has 1 aliphatic carbocycles. The molecular formula is C31H38IN3O3. The normalized spacial score (nSPS) is 17.4. The summed E-state index contributed by atoms with van der Waals surface area (Å²) in [6.07, 6.45) is 10.6. The molecule has 2 aromatic rings. The van der Waals surface area contributed by atoms with Crippen molar-refractivity contribution in [1.82, 2.24) is 10.2 Å². The summed E-state index contributed by atoms with van der Waals surface area (Å²) < 4.78 is 11.6. The van der Waals surface area contributed by atoms with Gasteiger partial charge in [-0.2, -0.15) is 0 Å². The Morgan fingerprint density at radius 3 is 2.39 bits per heavy atom. The van der Waals surface area contributed by atoms with Crippen LogP contribution in [0.4, 0.5) is 5.69 Å². The minimum absolute atomic E-state index is 0.00301. The Morgan fingerprint density at radius 1 is 1.05 bits per heavy atom. The zero-order valence-electron chi connectivity index (χ0n) is 22.4. The Balaban J connectivity index is 1.44. The van der Waals surface area contributed by atoms with Gasteiger partial charge in [0.1, 0.15) is 21.2 Å². The summed E-state index contributed by atoms with van der Waals surface area (Å²) in [5.41, 5.74) is 3.21. The van der Waals surface area contributed by atoms with Gasteiger partial charge in [0, 0.05) is 42.4 Å². The lowest BCUT2D eigenvalue weighted by Crippen LogP contribution is -2.54. The predicted molar refractivity (Wildman–Crippen MR) is 161 cm³/mol. The molecule has 2 amide bonds. The number of rotatable bonds is 10. The van der Waals surface area contributed by atoms with Crippen molar-refractivity contribution < 1.29 is 12.7 Å². The number of hydrogen-bond donors (Lipinski definition) is 1. The number of piperidine rings is 1. The van der Waals surface area contributed by atoms with Crippen LogP contribution in [0, 0.1) is 0 Å². The van der Waals surface area contributed by atoms with Crippen LogP contribution in [0.1, 0.15) is 54.9 Å². The first-order valence-electron chi connectivity index (χ1n) is 13.5. The van der Waals surface area contributed by atoms with Gasteiger partial charge in [-0.15, -0.1) is 0 Å². The molecule has 4 rings (SSSR count). The van der Waals surface area contributed by atoms with E-state index in [1.807, 2.05) is 73.5 Å². The van der Waals surface area contributed by atoms with Crippen molar-refractivity contribution in [2.45, 2.75) is 50.5 Å². The average molecular weight is 628 g/mol. The third-order valence-electron chi connectivity index (χ3n) is 7.80. The van der Waals surface area contributed by atoms with Crippen LogP contribution in [0.25, 0.3) is 0 Å². The fourth-order valence-corrected chi connectivity index (χ4v) is 6.04. The van der Waals surface area contributed by atoms with Crippen molar-refractivity contribution in [1.29, 1.82) is 0 Å². The van der Waals surface area contributed by atoms with Gasteiger partial charge in [-0.1, -0.05) is 48.6 Å². The number of likely N-dealkylation sites (tertiary alicyclic amines) is 1. The number of nitrogens with one attached hydrogen (secondary N) is 1. The highest BCUT2D eigenvalue weighted by atomic mass is 127. The summed E-state index contributed by atoms with van der Waals surface area (Å²) in [6, 6.07) is 17.7. The summed E-state index contributed by atoms with van der Waals surface area (Å²) in [5.74, 6) is 0.0397. The van der Waals surface area contributed by atoms with E-state index >= 15 is 0 Å². The first-order valence-corrected chi connectivity index (χ1v) is 15.9. The minimum Gasteiger partial charge on any atom is -0.375 e. The van der Waals surface area contributed by atoms with Gasteiger partial charge in [-0.25, -0.2) is 0 Å². The molecule has 2 aliphatic rings. The smallest absolute Gasteiger partial charge is 0.253 e. The summed E-state index contributed by atoms with van der Waals surface area (Å²) in [6.45, 7) is 3.94. The van der Waals surface area contributed by atoms with E-state index in [0.29, 0.717) is 31.5 Å². The molecule has 0 saturated carbocycles. The molecule has 0 bridgehead atoms. The number of allylic oxidation sites excluding steroid dienone is 2. The second-order valence-electron chi connectivity index (χ2n) is 10.2. The van der Waals surface area contributed by atoms with E-state index in [1.165, 1.54) is 0 Å². The molecule has 38 heavy (non-hydrogen) atoms. The molecule has 6 nitrogen and oxygen atoms in total. The number of hydrogen-bond acceptors (Lipinski definition) is 4. The van der Waals surface area contributed by atoms with Gasteiger partial charge in [0.15, 0.2) is 0 Å². The van der Waals surface area contributed by atoms with Crippen LogP contribution in [0.3, 0.4) is 0 Å². The zero-order chi connectivity index (χ0) is 27.0. The molecule has 0 aromatic heterocycles. The molecule has 0 radical (unpaired) electrons. The highest BCUT2D eigenvalue weighted by molar-refractivity contribution is 14.1. The van der Waals surface area contributed by atoms with E-state index in [-0.39, 0.29) is 17.9 Å². The van der Waals surface area contributed by atoms with Crippen LogP contribution in [0.15, 0.2) is 78.4 Å². The van der Waals surface area contributed by atoms with E-state index in [4.69, 9.17) is 0 Å². The van der Waals surface area contributed by atoms with Gasteiger partial charge in [0.2, 0.25) is 5.91 Å². The fraction of sp³-hybridized carbons (Fsp3) is 0.419. The highest BCUT2D eigenvalue weighted by Crippen LogP contribution is 2.37. The SMILES string of the molecule is C[C@H](NC(=O)C1(c2ccccc2)CCN(C(=O)c2ccc(N(C)CCCI=O)cc2)CC1)C1=CCCC=C1. The summed E-state index contributed by atoms with van der Waals surface area (Å²) in [5, 5.41) is 3.29. The van der Waals surface area contributed by atoms with Crippen molar-refractivity contribution in [3.05, 3.63) is 89.5 Å². The van der Waals surface area contributed by atoms with Crippen LogP contribution in [-0.4, -0.2) is 53.9 Å². The number of halogens is 1. The van der Waals surface area contributed by atoms with Gasteiger partial charge in [-0.3, -0.25) is 12.7 Å². The number of benzene rings is 2. The molecule has 1 fully saturated rings. The van der Waals surface area contributed by atoms with E-state index in [1.54, 1.807) is 0 Å². The number of amides is 2. The molecule has 1 N–H and O–H groups in total. The first kappa shape index (κ1) is 28.2. The quantitative estimate of drug-likeness (QED) is 0.206. The molecule has 1 heterocycles. The molecule has 2 aromatic carbocycles. The lowest BCUT2D eigenvalue weighted by Gasteiger charge is -2.41. The average Bonchev–Trinajstić information content (AvgIpc) is 2.98. The number of anilines is 1. The van der Waals surface area contributed by atoms with Crippen LogP contribution in [-0.2, 0) is 13.3 Å². The van der Waals surface area contributed by atoms with Gasteiger partial charge >= 0.3 is 0 Å². The molecule has 0 unspecified atom stereocenters. The Labute approximate surface area is 236 Å². The lowest BCUT2D eigenvalue weighted by atomic mass is 9.71. The van der Waals surface area contributed by atoms with Crippen LogP contribution < -0.4 is 10.2 Å². The van der Waals surface area contributed by atoms with E-state index in [9.17, 15) is 12.7 Å². The van der Waals surface area contributed by atoms with Crippen LogP contribution in [0.2, 0.25) is 0 Å². The second-order valence-corrected chi connectivity index (χ2v) is 11.9. The summed E-state index contributed by atoms with van der Waals surface area (Å²) >= 11 is -0.909. The maximum absolute atomic E-state index is 13.8. The number of carbonyl (C=O) groups is 2. The third kappa shape index (κ3) is 6.60. The summed E-state index contributed by atoms with van der Waals surface area (Å²) in [4.78, 5) is 31.2. The Hall–Kier alpha value is -2.81. The minimum atomic E-state index is -0.909. The standard InChI is InChI=1S/C31H38IN3O3/c1-24(25-10-5-3-6-11-25)33-30(37)31(27-12-7-4-8-13-27)18-22-35(23-19-31)29(36)26-14-16-28(17-15-26)34(2)21-9-20-32-38/h4-5,7-8,10-17,24H,3,6,9,18-23H2,1-2H3,(H,33,37)/t24-/m0/s1. The van der Waals surface area contributed by atoms with Crippen molar-refractivity contribution >= 4 is 38.7 Å². The fourth-order valence-electron chi connectivity index (χ4n) is 5.39. The maximum Gasteiger partial charge on any atom is 0.253 e. The number of carbonyl (C=O) groups excluding carboxylic acids is 2. The molecule has 0 spiro atoms. The molecular weight excluding hydrogens is 589 g/mol. The number of alkyl halides is 1. The monoisotopic (exact) mass is 627 g/mol. The van der Waals surface area contributed by atoms with E-state index in [2.05, 4.69) is 28.4 Å². The molecule has 1 atom stereocenters. The second kappa shape index (κ2) is 13.3. The molecule has 1 saturated heterocycles. The third-order valence-corrected chi connectivity index (χ3v) is 9.00. The van der Waals surface area contributed by atoms with Crippen molar-refractivity contribution in [2.75, 3.05) is 36.0 Å². The first-order chi connectivity index (χ1) is 18.4. The largest absolute Gasteiger partial charge is 0.375 e. The van der Waals surface area contributed by atoms with Crippen molar-refractivity contribution in [2.24, 2.45) is 0 Å². The van der Waals surface area contributed by atoms with E-state index in [0.717, 1.165) is 47.1 Å². The summed E-state index contributed by atoms with van der Waals surface area (Å²) in [7, 11) is 2.01. The van der Waals surface area contributed by atoms with Gasteiger partial charge in [-0.05, 0) is 74.4 Å². The lowest BCUT2D eigenvalue weighted by molar-refractivity contribution is -0.128. The van der Waals surface area contributed by atoms with Gasteiger partial charge in [0.05, 0.1) is 11.5 Å². The number of nitrogens with zero attached hydrogens (tertiary/aromatic N) is 2. The molecule has 202 valence electrons. The Morgan fingerprint density at radius 2 is 1.76 bits per heavy atom. The Kier molecular flexibility index (Phi) is 9.88. The zero-order valence-corrected chi connectivity index (χ0v) is 24.5. The predicted octanol–water partition coefficient (Wildman–Crippen LogP) is 5.78. The Bertz CT molecular complexity index is 1170. The van der Waals surface area contributed by atoms with Crippen molar-refractivity contribution in [3.8, 4) is 0 Å². The highest BCUT2D eigenvalue weighted by Gasteiger charge is 2.44. The van der Waals surface area contributed by atoms with E-state index < -0.39 is 26.6 Å².